The van der Waals surface area contributed by atoms with E-state index < -0.39 is 0 Å². The molecule has 0 bridgehead atoms. The number of hydrogen-bond donors (Lipinski definition) is 1. The van der Waals surface area contributed by atoms with Crippen LogP contribution in [0.15, 0.2) is 35.8 Å². The summed E-state index contributed by atoms with van der Waals surface area (Å²) in [7, 11) is 0. The van der Waals surface area contributed by atoms with Gasteiger partial charge in [-0.15, -0.1) is 0 Å². The van der Waals surface area contributed by atoms with Crippen molar-refractivity contribution in [2.24, 2.45) is 5.41 Å². The van der Waals surface area contributed by atoms with E-state index in [9.17, 15) is 0 Å². The molecule has 0 radical (unpaired) electrons. The topological polar surface area (TPSA) is 29.5 Å². The van der Waals surface area contributed by atoms with Crippen LogP contribution in [-0.2, 0) is 4.74 Å². The summed E-state index contributed by atoms with van der Waals surface area (Å²) in [6, 6.07) is 0. The first-order valence-electron chi connectivity index (χ1n) is 4.33. The quantitative estimate of drug-likeness (QED) is 0.629. The Kier molecular flexibility index (Phi) is 2.50. The number of hydrogen-bond acceptors (Lipinski definition) is 2. The molecule has 1 heterocycles. The van der Waals surface area contributed by atoms with Crippen molar-refractivity contribution >= 4 is 0 Å². The average Bonchev–Trinajstić information content (AvgIpc) is 2.25. The molecule has 0 amide bonds. The SMILES string of the molecule is C=C1/C(=C\C=C(/C)O)OCC1(C)C. The molecule has 0 aliphatic carbocycles. The van der Waals surface area contributed by atoms with Crippen molar-refractivity contribution in [2.45, 2.75) is 20.8 Å². The summed E-state index contributed by atoms with van der Waals surface area (Å²) in [4.78, 5) is 0. The van der Waals surface area contributed by atoms with Crippen LogP contribution in [0.4, 0.5) is 0 Å². The van der Waals surface area contributed by atoms with Gasteiger partial charge in [-0.3, -0.25) is 0 Å². The lowest BCUT2D eigenvalue weighted by Gasteiger charge is -2.13. The van der Waals surface area contributed by atoms with Crippen molar-refractivity contribution in [3.05, 3.63) is 35.8 Å². The summed E-state index contributed by atoms with van der Waals surface area (Å²) in [5.74, 6) is 1.05. The number of rotatable bonds is 1. The summed E-state index contributed by atoms with van der Waals surface area (Å²) in [6.45, 7) is 10.4. The lowest BCUT2D eigenvalue weighted by molar-refractivity contribution is 0.209. The predicted molar refractivity (Wildman–Crippen MR) is 53.3 cm³/mol. The van der Waals surface area contributed by atoms with Crippen LogP contribution in [0, 0.1) is 5.41 Å². The molecule has 1 fully saturated rings. The van der Waals surface area contributed by atoms with Gasteiger partial charge in [0.15, 0.2) is 0 Å². The maximum Gasteiger partial charge on any atom is 0.122 e. The number of aliphatic hydroxyl groups is 1. The van der Waals surface area contributed by atoms with E-state index in [0.29, 0.717) is 6.61 Å². The first kappa shape index (κ1) is 9.90. The minimum Gasteiger partial charge on any atom is -0.513 e. The summed E-state index contributed by atoms with van der Waals surface area (Å²) in [5.41, 5.74) is 1.01. The third-order valence-corrected chi connectivity index (χ3v) is 2.18. The van der Waals surface area contributed by atoms with Gasteiger partial charge in [0.05, 0.1) is 12.4 Å². The van der Waals surface area contributed by atoms with E-state index in [2.05, 4.69) is 20.4 Å². The molecular formula is C11H16O2. The highest BCUT2D eigenvalue weighted by atomic mass is 16.5. The molecule has 0 aromatic heterocycles. The fourth-order valence-corrected chi connectivity index (χ4v) is 1.11. The molecule has 0 aromatic carbocycles. The second-order valence-corrected chi connectivity index (χ2v) is 3.99. The Labute approximate surface area is 79.2 Å². The van der Waals surface area contributed by atoms with E-state index >= 15 is 0 Å². The monoisotopic (exact) mass is 180 g/mol. The first-order chi connectivity index (χ1) is 5.93. The second kappa shape index (κ2) is 3.29. The maximum absolute atomic E-state index is 8.96. The number of aliphatic hydroxyl groups excluding tert-OH is 1. The lowest BCUT2D eigenvalue weighted by Crippen LogP contribution is -2.11. The molecule has 0 saturated carbocycles. The minimum atomic E-state index is 0.0169. The second-order valence-electron chi connectivity index (χ2n) is 3.99. The van der Waals surface area contributed by atoms with Crippen LogP contribution in [0.2, 0.25) is 0 Å². The van der Waals surface area contributed by atoms with Crippen LogP contribution >= 0.6 is 0 Å². The van der Waals surface area contributed by atoms with Crippen molar-refractivity contribution in [1.82, 2.24) is 0 Å². The molecule has 0 atom stereocenters. The average molecular weight is 180 g/mol. The maximum atomic E-state index is 8.96. The summed E-state index contributed by atoms with van der Waals surface area (Å²) < 4.78 is 5.44. The van der Waals surface area contributed by atoms with E-state index in [-0.39, 0.29) is 11.2 Å². The van der Waals surface area contributed by atoms with E-state index in [1.807, 2.05) is 0 Å². The Morgan fingerprint density at radius 2 is 2.23 bits per heavy atom. The highest BCUT2D eigenvalue weighted by Gasteiger charge is 2.32. The molecule has 1 N–H and O–H groups in total. The number of ether oxygens (including phenoxy) is 1. The largest absolute Gasteiger partial charge is 0.513 e. The van der Waals surface area contributed by atoms with Crippen LogP contribution in [0.3, 0.4) is 0 Å². The van der Waals surface area contributed by atoms with Crippen LogP contribution in [0.25, 0.3) is 0 Å². The third kappa shape index (κ3) is 2.14. The van der Waals surface area contributed by atoms with Crippen molar-refractivity contribution in [3.63, 3.8) is 0 Å². The Morgan fingerprint density at radius 3 is 2.62 bits per heavy atom. The van der Waals surface area contributed by atoms with E-state index in [0.717, 1.165) is 11.3 Å². The molecule has 1 aliphatic rings. The Bertz CT molecular complexity index is 278. The highest BCUT2D eigenvalue weighted by molar-refractivity contribution is 5.35. The molecule has 1 aliphatic heterocycles. The van der Waals surface area contributed by atoms with Gasteiger partial charge in [-0.25, -0.2) is 0 Å². The summed E-state index contributed by atoms with van der Waals surface area (Å²) in [5, 5.41) is 8.96. The fraction of sp³-hybridized carbons (Fsp3) is 0.455. The van der Waals surface area contributed by atoms with E-state index in [1.165, 1.54) is 0 Å². The van der Waals surface area contributed by atoms with Gasteiger partial charge in [0.25, 0.3) is 0 Å². The van der Waals surface area contributed by atoms with Gasteiger partial charge >= 0.3 is 0 Å². The van der Waals surface area contributed by atoms with Gasteiger partial charge in [0, 0.05) is 5.41 Å². The smallest absolute Gasteiger partial charge is 0.122 e. The molecular weight excluding hydrogens is 164 g/mol. The van der Waals surface area contributed by atoms with Gasteiger partial charge in [-0.05, 0) is 24.6 Å². The standard InChI is InChI=1S/C11H16O2/c1-8(12)5-6-10-9(2)11(3,4)7-13-10/h5-6,12H,2,7H2,1,3-4H3/b8-5+,10-6+. The van der Waals surface area contributed by atoms with E-state index in [1.54, 1.807) is 19.1 Å². The van der Waals surface area contributed by atoms with Gasteiger partial charge in [-0.2, -0.15) is 0 Å². The van der Waals surface area contributed by atoms with Crippen LogP contribution < -0.4 is 0 Å². The molecule has 1 saturated heterocycles. The zero-order valence-electron chi connectivity index (χ0n) is 8.42. The fourth-order valence-electron chi connectivity index (χ4n) is 1.11. The molecule has 0 spiro atoms. The Balaban J connectivity index is 2.82. The molecule has 0 unspecified atom stereocenters. The van der Waals surface area contributed by atoms with Gasteiger partial charge < -0.3 is 9.84 Å². The van der Waals surface area contributed by atoms with Gasteiger partial charge in [0.1, 0.15) is 5.76 Å². The van der Waals surface area contributed by atoms with E-state index in [4.69, 9.17) is 9.84 Å². The van der Waals surface area contributed by atoms with Gasteiger partial charge in [0.2, 0.25) is 0 Å². The summed E-state index contributed by atoms with van der Waals surface area (Å²) >= 11 is 0. The van der Waals surface area contributed by atoms with Crippen molar-refractivity contribution < 1.29 is 9.84 Å². The van der Waals surface area contributed by atoms with Crippen molar-refractivity contribution in [2.75, 3.05) is 6.61 Å². The van der Waals surface area contributed by atoms with Gasteiger partial charge in [-0.1, -0.05) is 20.4 Å². The first-order valence-corrected chi connectivity index (χ1v) is 4.33. The normalized spacial score (nSPS) is 25.0. The highest BCUT2D eigenvalue weighted by Crippen LogP contribution is 2.38. The molecule has 13 heavy (non-hydrogen) atoms. The Morgan fingerprint density at radius 1 is 1.62 bits per heavy atom. The van der Waals surface area contributed by atoms with Crippen molar-refractivity contribution in [3.8, 4) is 0 Å². The lowest BCUT2D eigenvalue weighted by atomic mass is 9.87. The molecule has 0 aromatic rings. The Hall–Kier alpha value is -1.18. The molecule has 72 valence electrons. The van der Waals surface area contributed by atoms with Crippen LogP contribution in [0.5, 0.6) is 0 Å². The van der Waals surface area contributed by atoms with Crippen LogP contribution in [-0.4, -0.2) is 11.7 Å². The third-order valence-electron chi connectivity index (χ3n) is 2.18. The zero-order valence-corrected chi connectivity index (χ0v) is 8.42. The molecule has 2 heteroatoms. The molecule has 1 rings (SSSR count). The summed E-state index contributed by atoms with van der Waals surface area (Å²) in [6.07, 6.45) is 3.37. The van der Waals surface area contributed by atoms with Crippen molar-refractivity contribution in [1.29, 1.82) is 0 Å². The predicted octanol–water partition coefficient (Wildman–Crippen LogP) is 2.94. The molecule has 2 nitrogen and oxygen atoms in total. The minimum absolute atomic E-state index is 0.0169. The van der Waals surface area contributed by atoms with Crippen LogP contribution in [0.1, 0.15) is 20.8 Å². The number of allylic oxidation sites excluding steroid dienone is 4. The zero-order chi connectivity index (χ0) is 10.1.